The van der Waals surface area contributed by atoms with Crippen LogP contribution in [0.2, 0.25) is 5.28 Å². The van der Waals surface area contributed by atoms with E-state index < -0.39 is 0 Å². The van der Waals surface area contributed by atoms with Gasteiger partial charge in [-0.3, -0.25) is 0 Å². The molecule has 1 heterocycles. The Bertz CT molecular complexity index is 551. The van der Waals surface area contributed by atoms with Crippen molar-refractivity contribution in [3.63, 3.8) is 0 Å². The van der Waals surface area contributed by atoms with Crippen molar-refractivity contribution in [2.45, 2.75) is 0 Å². The minimum atomic E-state index is 0.277. The Morgan fingerprint density at radius 1 is 1.00 bits per heavy atom. The molecule has 0 radical (unpaired) electrons. The SMILES string of the molecule is CN(C)c1ccc2nc(Cl)nc(N(C)C)c2c1. The zero-order chi connectivity index (χ0) is 12.6. The third kappa shape index (κ3) is 2.26. The average Bonchev–Trinajstić information content (AvgIpc) is 2.26. The molecule has 0 N–H and O–H groups in total. The Kier molecular flexibility index (Phi) is 3.07. The van der Waals surface area contributed by atoms with Crippen LogP contribution in [0.25, 0.3) is 10.9 Å². The summed E-state index contributed by atoms with van der Waals surface area (Å²) in [4.78, 5) is 12.5. The first-order valence-corrected chi connectivity index (χ1v) is 5.69. The van der Waals surface area contributed by atoms with Crippen molar-refractivity contribution in [3.05, 3.63) is 23.5 Å². The molecule has 2 rings (SSSR count). The molecule has 0 aliphatic carbocycles. The molecule has 0 fully saturated rings. The lowest BCUT2D eigenvalue weighted by Gasteiger charge is -2.17. The van der Waals surface area contributed by atoms with Crippen molar-refractivity contribution >= 4 is 34.0 Å². The van der Waals surface area contributed by atoms with Crippen LogP contribution in [0.4, 0.5) is 11.5 Å². The van der Waals surface area contributed by atoms with Gasteiger partial charge in [-0.1, -0.05) is 0 Å². The number of rotatable bonds is 2. The normalized spacial score (nSPS) is 10.6. The molecule has 0 bridgehead atoms. The van der Waals surface area contributed by atoms with Crippen molar-refractivity contribution in [2.24, 2.45) is 0 Å². The first kappa shape index (κ1) is 11.9. The van der Waals surface area contributed by atoms with E-state index in [1.165, 1.54) is 0 Å². The molecule has 0 saturated heterocycles. The first-order valence-electron chi connectivity index (χ1n) is 5.31. The van der Waals surface area contributed by atoms with Gasteiger partial charge in [-0.05, 0) is 29.8 Å². The Morgan fingerprint density at radius 2 is 1.71 bits per heavy atom. The minimum absolute atomic E-state index is 0.277. The fraction of sp³-hybridized carbons (Fsp3) is 0.333. The Hall–Kier alpha value is -1.55. The third-order valence-electron chi connectivity index (χ3n) is 2.57. The average molecular weight is 251 g/mol. The fourth-order valence-corrected chi connectivity index (χ4v) is 1.86. The Labute approximate surface area is 106 Å². The van der Waals surface area contributed by atoms with E-state index in [2.05, 4.69) is 16.0 Å². The summed E-state index contributed by atoms with van der Waals surface area (Å²) < 4.78 is 0. The summed E-state index contributed by atoms with van der Waals surface area (Å²) in [7, 11) is 7.90. The number of nitrogens with zero attached hydrogens (tertiary/aromatic N) is 4. The van der Waals surface area contributed by atoms with Crippen LogP contribution in [0.15, 0.2) is 18.2 Å². The van der Waals surface area contributed by atoms with Gasteiger partial charge in [-0.25, -0.2) is 4.98 Å². The molecule has 0 spiro atoms. The van der Waals surface area contributed by atoms with Crippen molar-refractivity contribution in [1.82, 2.24) is 9.97 Å². The number of halogens is 1. The van der Waals surface area contributed by atoms with Crippen molar-refractivity contribution < 1.29 is 0 Å². The maximum Gasteiger partial charge on any atom is 0.224 e. The van der Waals surface area contributed by atoms with Gasteiger partial charge in [0.1, 0.15) is 5.82 Å². The van der Waals surface area contributed by atoms with Gasteiger partial charge in [0.2, 0.25) is 5.28 Å². The number of fused-ring (bicyclic) bond motifs is 1. The van der Waals surface area contributed by atoms with Crippen LogP contribution in [0.1, 0.15) is 0 Å². The van der Waals surface area contributed by atoms with E-state index in [0.29, 0.717) is 0 Å². The van der Waals surface area contributed by atoms with Gasteiger partial charge in [-0.2, -0.15) is 4.98 Å². The number of aromatic nitrogens is 2. The molecule has 0 saturated carbocycles. The summed E-state index contributed by atoms with van der Waals surface area (Å²) in [6.45, 7) is 0. The summed E-state index contributed by atoms with van der Waals surface area (Å²) in [5.74, 6) is 0.837. The highest BCUT2D eigenvalue weighted by atomic mass is 35.5. The van der Waals surface area contributed by atoms with Gasteiger partial charge in [-0.15, -0.1) is 0 Å². The Balaban J connectivity index is 2.73. The number of hydrogen-bond donors (Lipinski definition) is 0. The van der Waals surface area contributed by atoms with Crippen LogP contribution < -0.4 is 9.80 Å². The predicted molar refractivity (Wildman–Crippen MR) is 73.2 cm³/mol. The van der Waals surface area contributed by atoms with Crippen LogP contribution in [0, 0.1) is 0 Å². The summed E-state index contributed by atoms with van der Waals surface area (Å²) in [6.07, 6.45) is 0. The molecule has 17 heavy (non-hydrogen) atoms. The second-order valence-electron chi connectivity index (χ2n) is 4.31. The molecular weight excluding hydrogens is 236 g/mol. The molecule has 1 aromatic heterocycles. The van der Waals surface area contributed by atoms with Gasteiger partial charge in [0.15, 0.2) is 0 Å². The number of anilines is 2. The molecule has 0 aliphatic heterocycles. The largest absolute Gasteiger partial charge is 0.378 e. The minimum Gasteiger partial charge on any atom is -0.378 e. The topological polar surface area (TPSA) is 32.3 Å². The summed E-state index contributed by atoms with van der Waals surface area (Å²) in [5, 5.41) is 1.28. The maximum atomic E-state index is 5.91. The van der Waals surface area contributed by atoms with Gasteiger partial charge < -0.3 is 9.80 Å². The lowest BCUT2D eigenvalue weighted by molar-refractivity contribution is 1.06. The van der Waals surface area contributed by atoms with Crippen LogP contribution in [-0.2, 0) is 0 Å². The number of benzene rings is 1. The van der Waals surface area contributed by atoms with E-state index >= 15 is 0 Å². The highest BCUT2D eigenvalue weighted by molar-refractivity contribution is 6.28. The standard InChI is InChI=1S/C12H15ClN4/c1-16(2)8-5-6-10-9(7-8)11(17(3)4)15-12(13)14-10/h5-7H,1-4H3. The van der Waals surface area contributed by atoms with Gasteiger partial charge >= 0.3 is 0 Å². The summed E-state index contributed by atoms with van der Waals surface area (Å²) in [6, 6.07) is 6.05. The maximum absolute atomic E-state index is 5.91. The van der Waals surface area contributed by atoms with Crippen LogP contribution in [0.5, 0.6) is 0 Å². The monoisotopic (exact) mass is 250 g/mol. The molecule has 0 atom stereocenters. The molecular formula is C12H15ClN4. The highest BCUT2D eigenvalue weighted by Crippen LogP contribution is 2.27. The molecule has 5 heteroatoms. The zero-order valence-electron chi connectivity index (χ0n) is 10.4. The molecule has 4 nitrogen and oxygen atoms in total. The molecule has 0 unspecified atom stereocenters. The van der Waals surface area contributed by atoms with Gasteiger partial charge in [0.05, 0.1) is 5.52 Å². The van der Waals surface area contributed by atoms with E-state index in [-0.39, 0.29) is 5.28 Å². The molecule has 0 amide bonds. The Morgan fingerprint density at radius 3 is 2.29 bits per heavy atom. The fourth-order valence-electron chi connectivity index (χ4n) is 1.69. The lowest BCUT2D eigenvalue weighted by Crippen LogP contribution is -2.13. The van der Waals surface area contributed by atoms with Crippen molar-refractivity contribution in [2.75, 3.05) is 38.0 Å². The van der Waals surface area contributed by atoms with Crippen LogP contribution in [0.3, 0.4) is 0 Å². The molecule has 0 aliphatic rings. The highest BCUT2D eigenvalue weighted by Gasteiger charge is 2.09. The van der Waals surface area contributed by atoms with E-state index in [0.717, 1.165) is 22.4 Å². The smallest absolute Gasteiger partial charge is 0.224 e. The van der Waals surface area contributed by atoms with E-state index in [1.54, 1.807) is 0 Å². The quantitative estimate of drug-likeness (QED) is 0.767. The molecule has 2 aromatic rings. The van der Waals surface area contributed by atoms with Gasteiger partial charge in [0.25, 0.3) is 0 Å². The van der Waals surface area contributed by atoms with E-state index in [1.807, 2.05) is 50.1 Å². The predicted octanol–water partition coefficient (Wildman–Crippen LogP) is 2.42. The van der Waals surface area contributed by atoms with Gasteiger partial charge in [0, 0.05) is 39.3 Å². The van der Waals surface area contributed by atoms with Crippen molar-refractivity contribution in [1.29, 1.82) is 0 Å². The lowest BCUT2D eigenvalue weighted by atomic mass is 10.2. The summed E-state index contributed by atoms with van der Waals surface area (Å²) in [5.41, 5.74) is 1.98. The molecule has 1 aromatic carbocycles. The summed E-state index contributed by atoms with van der Waals surface area (Å²) >= 11 is 5.91. The second kappa shape index (κ2) is 4.37. The van der Waals surface area contributed by atoms with Crippen LogP contribution >= 0.6 is 11.6 Å². The number of hydrogen-bond acceptors (Lipinski definition) is 4. The van der Waals surface area contributed by atoms with Crippen molar-refractivity contribution in [3.8, 4) is 0 Å². The zero-order valence-corrected chi connectivity index (χ0v) is 11.2. The second-order valence-corrected chi connectivity index (χ2v) is 4.64. The first-order chi connectivity index (χ1) is 7.99. The third-order valence-corrected chi connectivity index (χ3v) is 2.74. The van der Waals surface area contributed by atoms with E-state index in [9.17, 15) is 0 Å². The van der Waals surface area contributed by atoms with E-state index in [4.69, 9.17) is 11.6 Å². The van der Waals surface area contributed by atoms with Crippen LogP contribution in [-0.4, -0.2) is 38.2 Å². The molecule has 90 valence electrons.